The highest BCUT2D eigenvalue weighted by Gasteiger charge is 2.21. The van der Waals surface area contributed by atoms with Gasteiger partial charge in [-0.3, -0.25) is 0 Å². The monoisotopic (exact) mass is 600 g/mol. The lowest BCUT2D eigenvalue weighted by Crippen LogP contribution is -1.96. The Morgan fingerprint density at radius 2 is 0.978 bits per heavy atom. The Labute approximate surface area is 265 Å². The predicted molar refractivity (Wildman–Crippen MR) is 184 cm³/mol. The van der Waals surface area contributed by atoms with Gasteiger partial charge in [-0.25, -0.2) is 0 Å². The number of fused-ring (bicyclic) bond motifs is 2. The van der Waals surface area contributed by atoms with Gasteiger partial charge in [0, 0.05) is 34.4 Å². The molecule has 0 aromatic heterocycles. The molecule has 0 saturated carbocycles. The van der Waals surface area contributed by atoms with E-state index in [0.717, 1.165) is 43.8 Å². The maximum Gasteiger partial charge on any atom is 0.142 e. The van der Waals surface area contributed by atoms with Crippen molar-refractivity contribution in [1.29, 1.82) is 0 Å². The molecule has 222 valence electrons. The first-order valence-corrected chi connectivity index (χ1v) is 14.6. The fourth-order valence-electron chi connectivity index (χ4n) is 5.41. The van der Waals surface area contributed by atoms with E-state index in [1.807, 2.05) is 91.0 Å². The van der Waals surface area contributed by atoms with E-state index in [2.05, 4.69) is 17.9 Å². The molecule has 0 aliphatic heterocycles. The van der Waals surface area contributed by atoms with Crippen LogP contribution in [0.5, 0.6) is 34.5 Å². The second-order valence-corrected chi connectivity index (χ2v) is 10.8. The van der Waals surface area contributed by atoms with Crippen molar-refractivity contribution in [1.82, 2.24) is 0 Å². The molecule has 0 spiro atoms. The van der Waals surface area contributed by atoms with Crippen LogP contribution in [0.15, 0.2) is 133 Å². The first-order valence-electron chi connectivity index (χ1n) is 14.6. The summed E-state index contributed by atoms with van der Waals surface area (Å²) in [4.78, 5) is 0. The number of phenols is 2. The van der Waals surface area contributed by atoms with Crippen molar-refractivity contribution in [3.8, 4) is 57.5 Å². The molecule has 0 aliphatic carbocycles. The molecule has 7 rings (SSSR count). The van der Waals surface area contributed by atoms with Crippen LogP contribution in [0.3, 0.4) is 0 Å². The van der Waals surface area contributed by atoms with Crippen molar-refractivity contribution in [3.63, 3.8) is 0 Å². The minimum absolute atomic E-state index is 0.0705. The van der Waals surface area contributed by atoms with E-state index >= 15 is 0 Å². The topological polar surface area (TPSA) is 111 Å². The molecular weight excluding hydrogens is 572 g/mol. The van der Waals surface area contributed by atoms with Gasteiger partial charge >= 0.3 is 0 Å². The Kier molecular flexibility index (Phi) is 7.26. The van der Waals surface area contributed by atoms with Crippen LogP contribution in [-0.2, 0) is 0 Å². The van der Waals surface area contributed by atoms with Gasteiger partial charge < -0.3 is 31.2 Å². The summed E-state index contributed by atoms with van der Waals surface area (Å²) in [5.41, 5.74) is 15.5. The highest BCUT2D eigenvalue weighted by atomic mass is 16.5. The first kappa shape index (κ1) is 28.2. The number of hydrogen-bond acceptors (Lipinski definition) is 6. The summed E-state index contributed by atoms with van der Waals surface area (Å²) in [5.74, 6) is 8.33. The summed E-state index contributed by atoms with van der Waals surface area (Å²) < 4.78 is 13.0. The molecular formula is C40H28N2O4. The van der Waals surface area contributed by atoms with E-state index in [1.54, 1.807) is 24.3 Å². The van der Waals surface area contributed by atoms with Crippen LogP contribution >= 0.6 is 0 Å². The van der Waals surface area contributed by atoms with Crippen molar-refractivity contribution >= 4 is 32.9 Å². The summed E-state index contributed by atoms with van der Waals surface area (Å²) in [6, 6.07) is 41.4. The molecule has 46 heavy (non-hydrogen) atoms. The average molecular weight is 601 g/mol. The highest BCUT2D eigenvalue weighted by Crippen LogP contribution is 2.48. The normalized spacial score (nSPS) is 10.8. The third kappa shape index (κ3) is 5.57. The Morgan fingerprint density at radius 1 is 0.457 bits per heavy atom. The molecule has 0 atom stereocenters. The number of benzene rings is 7. The predicted octanol–water partition coefficient (Wildman–Crippen LogP) is 9.22. The number of nitrogen functional groups attached to an aromatic ring is 2. The van der Waals surface area contributed by atoms with Crippen molar-refractivity contribution < 1.29 is 19.7 Å². The Balaban J connectivity index is 1.50. The lowest BCUT2D eigenvalue weighted by atomic mass is 9.91. The van der Waals surface area contributed by atoms with E-state index in [0.29, 0.717) is 23.0 Å². The first-order chi connectivity index (χ1) is 22.4. The van der Waals surface area contributed by atoms with Gasteiger partial charge in [0.1, 0.15) is 34.5 Å². The second-order valence-electron chi connectivity index (χ2n) is 10.8. The number of hydrogen-bond donors (Lipinski definition) is 4. The molecule has 6 N–H and O–H groups in total. The van der Waals surface area contributed by atoms with Crippen LogP contribution in [-0.4, -0.2) is 10.2 Å². The van der Waals surface area contributed by atoms with Crippen molar-refractivity contribution in [3.05, 3.63) is 145 Å². The molecule has 0 radical (unpaired) electrons. The summed E-state index contributed by atoms with van der Waals surface area (Å²) in [7, 11) is 0. The van der Waals surface area contributed by atoms with E-state index in [9.17, 15) is 10.2 Å². The molecule has 0 bridgehead atoms. The molecule has 0 heterocycles. The van der Waals surface area contributed by atoms with Gasteiger partial charge in [-0.1, -0.05) is 72.5 Å². The van der Waals surface area contributed by atoms with Crippen LogP contribution in [0.1, 0.15) is 11.1 Å². The molecule has 0 unspecified atom stereocenters. The van der Waals surface area contributed by atoms with Crippen LogP contribution in [0.4, 0.5) is 11.4 Å². The largest absolute Gasteiger partial charge is 0.506 e. The number of nitrogens with two attached hydrogens (primary N) is 2. The molecule has 0 fully saturated rings. The Bertz CT molecular complexity index is 2320. The minimum Gasteiger partial charge on any atom is -0.506 e. The zero-order valence-electron chi connectivity index (χ0n) is 24.6. The Morgan fingerprint density at radius 3 is 1.61 bits per heavy atom. The average Bonchev–Trinajstić information content (AvgIpc) is 3.07. The van der Waals surface area contributed by atoms with Crippen LogP contribution < -0.4 is 20.9 Å². The van der Waals surface area contributed by atoms with Gasteiger partial charge in [0.2, 0.25) is 0 Å². The molecule has 7 aromatic carbocycles. The van der Waals surface area contributed by atoms with Gasteiger partial charge in [0.15, 0.2) is 0 Å². The van der Waals surface area contributed by atoms with Gasteiger partial charge in [-0.2, -0.15) is 0 Å². The standard InChI is InChI=1S/C40H28N2O4/c41-33-18-16-29(23-35(33)43)45-37-20-14-27-8-4-5-9-31(27)39(37)40-32-22-26(11-10-25-6-2-1-3-7-25)12-13-28(32)15-21-38(40)46-30-17-19-34(42)36(44)24-30/h1-9,12-24,43-44H,41-42H2. The fraction of sp³-hybridized carbons (Fsp3) is 0. The number of aromatic hydroxyl groups is 2. The summed E-state index contributed by atoms with van der Waals surface area (Å²) in [6.07, 6.45) is 0. The van der Waals surface area contributed by atoms with Gasteiger partial charge in [0.25, 0.3) is 0 Å². The smallest absolute Gasteiger partial charge is 0.142 e. The number of phenolic OH excluding ortho intramolecular Hbond substituents is 2. The number of rotatable bonds is 5. The number of ether oxygens (including phenoxy) is 2. The molecule has 7 aromatic rings. The van der Waals surface area contributed by atoms with Crippen molar-refractivity contribution in [2.75, 3.05) is 11.5 Å². The van der Waals surface area contributed by atoms with E-state index in [4.69, 9.17) is 20.9 Å². The zero-order valence-corrected chi connectivity index (χ0v) is 24.6. The lowest BCUT2D eigenvalue weighted by molar-refractivity contribution is 0.454. The zero-order chi connectivity index (χ0) is 31.6. The molecule has 6 nitrogen and oxygen atoms in total. The highest BCUT2D eigenvalue weighted by molar-refractivity contribution is 6.10. The van der Waals surface area contributed by atoms with Gasteiger partial charge in [-0.15, -0.1) is 0 Å². The third-order valence-corrected chi connectivity index (χ3v) is 7.71. The lowest BCUT2D eigenvalue weighted by Gasteiger charge is -2.20. The maximum atomic E-state index is 10.3. The van der Waals surface area contributed by atoms with Gasteiger partial charge in [-0.05, 0) is 82.2 Å². The van der Waals surface area contributed by atoms with E-state index < -0.39 is 0 Å². The quantitative estimate of drug-likeness (QED) is 0.0890. The molecule has 0 aliphatic rings. The van der Waals surface area contributed by atoms with Crippen LogP contribution in [0.2, 0.25) is 0 Å². The summed E-state index contributed by atoms with van der Waals surface area (Å²) in [5, 5.41) is 24.5. The maximum absolute atomic E-state index is 10.3. The SMILES string of the molecule is Nc1ccc(Oc2ccc3ccccc3c2-c2c(Oc3ccc(N)c(O)c3)ccc3ccc(C#Cc4ccccc4)cc23)cc1O. The van der Waals surface area contributed by atoms with Gasteiger partial charge in [0.05, 0.1) is 11.4 Å². The molecule has 0 saturated heterocycles. The summed E-state index contributed by atoms with van der Waals surface area (Å²) >= 11 is 0. The molecule has 6 heteroatoms. The van der Waals surface area contributed by atoms with Crippen molar-refractivity contribution in [2.45, 2.75) is 0 Å². The second kappa shape index (κ2) is 11.8. The van der Waals surface area contributed by atoms with E-state index in [1.165, 1.54) is 12.1 Å². The van der Waals surface area contributed by atoms with Crippen LogP contribution in [0, 0.1) is 11.8 Å². The number of anilines is 2. The fourth-order valence-corrected chi connectivity index (χ4v) is 5.41. The van der Waals surface area contributed by atoms with Crippen LogP contribution in [0.25, 0.3) is 32.7 Å². The summed E-state index contributed by atoms with van der Waals surface area (Å²) in [6.45, 7) is 0. The van der Waals surface area contributed by atoms with E-state index in [-0.39, 0.29) is 22.9 Å². The molecule has 0 amide bonds. The third-order valence-electron chi connectivity index (χ3n) is 7.71. The van der Waals surface area contributed by atoms with Crippen molar-refractivity contribution in [2.24, 2.45) is 0 Å². The minimum atomic E-state index is -0.0735. The Hall–Kier alpha value is -6.58.